The summed E-state index contributed by atoms with van der Waals surface area (Å²) in [6, 6.07) is 6.99. The van der Waals surface area contributed by atoms with Gasteiger partial charge in [-0.3, -0.25) is 0 Å². The van der Waals surface area contributed by atoms with Crippen LogP contribution >= 0.6 is 0 Å². The molecule has 1 heteroatoms. The molecular formula is C18H27F. The fraction of sp³-hybridized carbons (Fsp3) is 0.556. The van der Waals surface area contributed by atoms with Crippen molar-refractivity contribution in [3.63, 3.8) is 0 Å². The summed E-state index contributed by atoms with van der Waals surface area (Å²) in [5.74, 6) is 0.544. The van der Waals surface area contributed by atoms with Crippen LogP contribution in [0.2, 0.25) is 0 Å². The first-order valence-electron chi connectivity index (χ1n) is 7.77. The highest BCUT2D eigenvalue weighted by atomic mass is 19.1. The second-order valence-corrected chi connectivity index (χ2v) is 4.91. The first-order valence-corrected chi connectivity index (χ1v) is 7.77. The summed E-state index contributed by atoms with van der Waals surface area (Å²) in [5.41, 5.74) is 2.65. The molecular weight excluding hydrogens is 235 g/mol. The molecule has 1 fully saturated rings. The molecule has 1 saturated carbocycles. The third kappa shape index (κ3) is 4.81. The molecule has 0 unspecified atom stereocenters. The van der Waals surface area contributed by atoms with E-state index in [1.807, 2.05) is 26.0 Å². The maximum atomic E-state index is 13.0. The van der Waals surface area contributed by atoms with Crippen LogP contribution in [-0.2, 0) is 0 Å². The minimum Gasteiger partial charge on any atom is -0.207 e. The second-order valence-electron chi connectivity index (χ2n) is 4.91. The molecule has 0 aromatic heterocycles. The Morgan fingerprint density at radius 3 is 2.21 bits per heavy atom. The van der Waals surface area contributed by atoms with Crippen LogP contribution < -0.4 is 0 Å². The van der Waals surface area contributed by atoms with Gasteiger partial charge in [-0.25, -0.2) is 4.39 Å². The van der Waals surface area contributed by atoms with Crippen molar-refractivity contribution in [2.45, 2.75) is 59.3 Å². The van der Waals surface area contributed by atoms with Gasteiger partial charge in [0.2, 0.25) is 0 Å². The quantitative estimate of drug-likeness (QED) is 0.606. The van der Waals surface area contributed by atoms with Crippen LogP contribution in [0.3, 0.4) is 0 Å². The van der Waals surface area contributed by atoms with Gasteiger partial charge in [0, 0.05) is 0 Å². The summed E-state index contributed by atoms with van der Waals surface area (Å²) in [4.78, 5) is 0. The van der Waals surface area contributed by atoms with E-state index < -0.39 is 0 Å². The minimum atomic E-state index is -0.145. The number of hydrogen-bond donors (Lipinski definition) is 0. The van der Waals surface area contributed by atoms with Crippen molar-refractivity contribution < 1.29 is 4.39 Å². The van der Waals surface area contributed by atoms with Crippen LogP contribution in [0.5, 0.6) is 0 Å². The Kier molecular flexibility index (Phi) is 7.47. The maximum absolute atomic E-state index is 13.0. The van der Waals surface area contributed by atoms with Gasteiger partial charge in [0.05, 0.1) is 0 Å². The van der Waals surface area contributed by atoms with Crippen molar-refractivity contribution in [3.8, 4) is 0 Å². The number of hydrogen-bond acceptors (Lipinski definition) is 0. The third-order valence-corrected chi connectivity index (χ3v) is 3.65. The van der Waals surface area contributed by atoms with Gasteiger partial charge in [-0.05, 0) is 48.4 Å². The van der Waals surface area contributed by atoms with Crippen molar-refractivity contribution >= 4 is 5.57 Å². The molecule has 19 heavy (non-hydrogen) atoms. The van der Waals surface area contributed by atoms with Crippen molar-refractivity contribution in [2.24, 2.45) is 5.92 Å². The zero-order chi connectivity index (χ0) is 14.1. The van der Waals surface area contributed by atoms with Gasteiger partial charge in [0.1, 0.15) is 5.82 Å². The van der Waals surface area contributed by atoms with Crippen molar-refractivity contribution in [3.05, 3.63) is 41.7 Å². The van der Waals surface area contributed by atoms with Crippen LogP contribution in [0.4, 0.5) is 4.39 Å². The molecule has 0 saturated heterocycles. The van der Waals surface area contributed by atoms with E-state index in [-0.39, 0.29) is 5.82 Å². The van der Waals surface area contributed by atoms with Crippen LogP contribution in [-0.4, -0.2) is 0 Å². The molecule has 1 aliphatic carbocycles. The molecule has 0 heterocycles. The lowest BCUT2D eigenvalue weighted by molar-refractivity contribution is 0.429. The summed E-state index contributed by atoms with van der Waals surface area (Å²) in [6.07, 6.45) is 10.0. The molecule has 0 atom stereocenters. The average Bonchev–Trinajstić information content (AvgIpc) is 2.49. The highest BCUT2D eigenvalue weighted by Gasteiger charge is 2.18. The largest absolute Gasteiger partial charge is 0.207 e. The monoisotopic (exact) mass is 262 g/mol. The molecule has 2 rings (SSSR count). The first-order chi connectivity index (χ1) is 9.31. The minimum absolute atomic E-state index is 0.145. The van der Waals surface area contributed by atoms with E-state index >= 15 is 0 Å². The summed E-state index contributed by atoms with van der Waals surface area (Å²) in [6.45, 7) is 6.17. The van der Waals surface area contributed by atoms with Gasteiger partial charge < -0.3 is 0 Å². The van der Waals surface area contributed by atoms with Gasteiger partial charge in [-0.2, -0.15) is 0 Å². The SMILES string of the molecule is CC.CC/C=C(/c1ccc(F)cc1)C1CCCCC1. The molecule has 0 aliphatic heterocycles. The molecule has 0 radical (unpaired) electrons. The number of halogens is 1. The van der Waals surface area contributed by atoms with Gasteiger partial charge >= 0.3 is 0 Å². The highest BCUT2D eigenvalue weighted by molar-refractivity contribution is 5.67. The van der Waals surface area contributed by atoms with E-state index in [4.69, 9.17) is 0 Å². The highest BCUT2D eigenvalue weighted by Crippen LogP contribution is 2.35. The molecule has 0 bridgehead atoms. The second kappa shape index (κ2) is 8.90. The fourth-order valence-electron chi connectivity index (χ4n) is 2.80. The van der Waals surface area contributed by atoms with Gasteiger partial charge in [-0.15, -0.1) is 0 Å². The first kappa shape index (κ1) is 15.9. The Labute approximate surface area is 117 Å². The molecule has 0 spiro atoms. The van der Waals surface area contributed by atoms with E-state index in [0.29, 0.717) is 5.92 Å². The zero-order valence-electron chi connectivity index (χ0n) is 12.6. The Morgan fingerprint density at radius 1 is 1.11 bits per heavy atom. The molecule has 0 nitrogen and oxygen atoms in total. The van der Waals surface area contributed by atoms with Gasteiger partial charge in [0.25, 0.3) is 0 Å². The predicted molar refractivity (Wildman–Crippen MR) is 82.6 cm³/mol. The number of benzene rings is 1. The smallest absolute Gasteiger partial charge is 0.123 e. The summed E-state index contributed by atoms with van der Waals surface area (Å²) in [7, 11) is 0. The molecule has 106 valence electrons. The third-order valence-electron chi connectivity index (χ3n) is 3.65. The van der Waals surface area contributed by atoms with E-state index in [2.05, 4.69) is 13.0 Å². The Hall–Kier alpha value is -1.11. The van der Waals surface area contributed by atoms with Crippen LogP contribution in [0.1, 0.15) is 64.9 Å². The fourth-order valence-corrected chi connectivity index (χ4v) is 2.80. The van der Waals surface area contributed by atoms with E-state index in [9.17, 15) is 4.39 Å². The topological polar surface area (TPSA) is 0 Å². The van der Waals surface area contributed by atoms with Crippen LogP contribution in [0.15, 0.2) is 30.3 Å². The number of allylic oxidation sites excluding steroid dienone is 2. The predicted octanol–water partition coefficient (Wildman–Crippen LogP) is 6.23. The molecule has 1 aliphatic rings. The van der Waals surface area contributed by atoms with Gasteiger partial charge in [-0.1, -0.05) is 58.2 Å². The lowest BCUT2D eigenvalue weighted by atomic mass is 9.80. The Bertz CT molecular complexity index is 369. The maximum Gasteiger partial charge on any atom is 0.123 e. The standard InChI is InChI=1S/C16H21F.C2H6/c1-2-6-16(13-7-4-3-5-8-13)14-9-11-15(17)12-10-14;1-2/h6,9-13H,2-5,7-8H2,1H3;1-2H3/b16-6+;. The van der Waals surface area contributed by atoms with Crippen molar-refractivity contribution in [1.29, 1.82) is 0 Å². The molecule has 1 aromatic carbocycles. The average molecular weight is 262 g/mol. The number of rotatable bonds is 3. The van der Waals surface area contributed by atoms with Crippen LogP contribution in [0, 0.1) is 11.7 Å². The lowest BCUT2D eigenvalue weighted by Gasteiger charge is -2.25. The van der Waals surface area contributed by atoms with E-state index in [1.165, 1.54) is 43.2 Å². The van der Waals surface area contributed by atoms with Crippen molar-refractivity contribution in [1.82, 2.24) is 0 Å². The Balaban J connectivity index is 0.000000861. The zero-order valence-corrected chi connectivity index (χ0v) is 12.6. The van der Waals surface area contributed by atoms with Gasteiger partial charge in [0.15, 0.2) is 0 Å². The summed E-state index contributed by atoms with van der Waals surface area (Å²) in [5, 5.41) is 0. The lowest BCUT2D eigenvalue weighted by Crippen LogP contribution is -2.08. The van der Waals surface area contributed by atoms with E-state index in [1.54, 1.807) is 12.1 Å². The molecule has 0 amide bonds. The summed E-state index contributed by atoms with van der Waals surface area (Å²) >= 11 is 0. The molecule has 0 N–H and O–H groups in total. The van der Waals surface area contributed by atoms with Crippen LogP contribution in [0.25, 0.3) is 5.57 Å². The normalized spacial score (nSPS) is 16.7. The summed E-state index contributed by atoms with van der Waals surface area (Å²) < 4.78 is 13.0. The van der Waals surface area contributed by atoms with Crippen molar-refractivity contribution in [2.75, 3.05) is 0 Å². The van der Waals surface area contributed by atoms with E-state index in [0.717, 1.165) is 6.42 Å². The Morgan fingerprint density at radius 2 is 1.68 bits per heavy atom. The molecule has 1 aromatic rings.